The van der Waals surface area contributed by atoms with Crippen molar-refractivity contribution in [2.24, 2.45) is 5.73 Å². The van der Waals surface area contributed by atoms with Crippen LogP contribution in [0.3, 0.4) is 0 Å². The quantitative estimate of drug-likeness (QED) is 0.779. The minimum atomic E-state index is -0.417. The average Bonchev–Trinajstić information content (AvgIpc) is 2.18. The van der Waals surface area contributed by atoms with Crippen LogP contribution in [0.5, 0.6) is 11.5 Å². The minimum Gasteiger partial charge on any atom is -0.504 e. The lowest BCUT2D eigenvalue weighted by Gasteiger charge is -2.16. The van der Waals surface area contributed by atoms with Crippen LogP contribution >= 0.6 is 15.9 Å². The molecule has 0 heterocycles. The molecule has 0 aromatic heterocycles. The lowest BCUT2D eigenvalue weighted by atomic mass is 10.0. The molecule has 0 aliphatic rings. The van der Waals surface area contributed by atoms with Gasteiger partial charge in [0.05, 0.1) is 7.11 Å². The molecule has 0 radical (unpaired) electrons. The third kappa shape index (κ3) is 2.62. The highest BCUT2D eigenvalue weighted by atomic mass is 79.9. The van der Waals surface area contributed by atoms with Gasteiger partial charge in [0.25, 0.3) is 0 Å². The van der Waals surface area contributed by atoms with Gasteiger partial charge in [0.1, 0.15) is 0 Å². The Balaban J connectivity index is 3.14. The van der Waals surface area contributed by atoms with Crippen LogP contribution in [0.1, 0.15) is 18.0 Å². The number of methoxy groups -OCH3 is 1. The summed E-state index contributed by atoms with van der Waals surface area (Å²) in [5.41, 5.74) is 6.38. The second kappa shape index (κ2) is 5.34. The molecule has 1 rings (SSSR count). The summed E-state index contributed by atoms with van der Waals surface area (Å²) in [6.07, 6.45) is 0.388. The number of phenols is 1. The number of hydrogen-bond acceptors (Lipinski definition) is 4. The van der Waals surface area contributed by atoms with Gasteiger partial charge in [-0.2, -0.15) is 0 Å². The first kappa shape index (κ1) is 12.3. The van der Waals surface area contributed by atoms with Crippen molar-refractivity contribution in [3.8, 4) is 11.5 Å². The van der Waals surface area contributed by atoms with Gasteiger partial charge in [-0.15, -0.1) is 0 Å². The SMILES string of the molecule is COc1ccc(Br)c(C(N)CCO)c1O. The zero-order valence-corrected chi connectivity index (χ0v) is 9.99. The Morgan fingerprint density at radius 1 is 1.53 bits per heavy atom. The number of rotatable bonds is 4. The molecule has 1 aromatic carbocycles. The predicted molar refractivity (Wildman–Crippen MR) is 61.0 cm³/mol. The second-order valence-electron chi connectivity index (χ2n) is 3.13. The Morgan fingerprint density at radius 3 is 2.73 bits per heavy atom. The van der Waals surface area contributed by atoms with Crippen molar-refractivity contribution < 1.29 is 14.9 Å². The van der Waals surface area contributed by atoms with Crippen molar-refractivity contribution in [3.05, 3.63) is 22.2 Å². The van der Waals surface area contributed by atoms with Gasteiger partial charge >= 0.3 is 0 Å². The maximum Gasteiger partial charge on any atom is 0.163 e. The molecule has 1 atom stereocenters. The Morgan fingerprint density at radius 2 is 2.20 bits per heavy atom. The fraction of sp³-hybridized carbons (Fsp3) is 0.400. The molecule has 0 aliphatic heterocycles. The molecule has 0 bridgehead atoms. The zero-order chi connectivity index (χ0) is 11.4. The van der Waals surface area contributed by atoms with E-state index in [0.717, 1.165) is 0 Å². The molecule has 1 unspecified atom stereocenters. The number of phenolic OH excluding ortho intramolecular Hbond substituents is 1. The molecule has 1 aromatic rings. The predicted octanol–water partition coefficient (Wildman–Crippen LogP) is 1.55. The first-order valence-electron chi connectivity index (χ1n) is 4.53. The second-order valence-corrected chi connectivity index (χ2v) is 3.99. The molecule has 0 fully saturated rings. The van der Waals surface area contributed by atoms with E-state index in [1.165, 1.54) is 7.11 Å². The molecule has 0 aliphatic carbocycles. The summed E-state index contributed by atoms with van der Waals surface area (Å²) >= 11 is 3.30. The van der Waals surface area contributed by atoms with Gasteiger partial charge in [-0.1, -0.05) is 15.9 Å². The van der Waals surface area contributed by atoms with E-state index in [4.69, 9.17) is 15.6 Å². The third-order valence-corrected chi connectivity index (χ3v) is 2.85. The lowest BCUT2D eigenvalue weighted by Crippen LogP contribution is -2.13. The Bertz CT molecular complexity index is 344. The summed E-state index contributed by atoms with van der Waals surface area (Å²) in [6.45, 7) is -0.0236. The Hall–Kier alpha value is -0.780. The van der Waals surface area contributed by atoms with Crippen LogP contribution in [0.15, 0.2) is 16.6 Å². The van der Waals surface area contributed by atoms with Crippen molar-refractivity contribution in [2.75, 3.05) is 13.7 Å². The molecule has 0 amide bonds. The van der Waals surface area contributed by atoms with Crippen molar-refractivity contribution in [1.29, 1.82) is 0 Å². The smallest absolute Gasteiger partial charge is 0.163 e. The summed E-state index contributed by atoms with van der Waals surface area (Å²) in [5, 5.41) is 18.6. The van der Waals surface area contributed by atoms with Crippen molar-refractivity contribution >= 4 is 15.9 Å². The van der Waals surface area contributed by atoms with Crippen LogP contribution < -0.4 is 10.5 Å². The number of aromatic hydroxyl groups is 1. The van der Waals surface area contributed by atoms with E-state index in [9.17, 15) is 5.11 Å². The number of nitrogens with two attached hydrogens (primary N) is 1. The van der Waals surface area contributed by atoms with Crippen LogP contribution in [-0.4, -0.2) is 23.9 Å². The molecule has 0 spiro atoms. The standard InChI is InChI=1S/C10H14BrNO3/c1-15-8-3-2-6(11)9(10(8)14)7(12)4-5-13/h2-3,7,13-14H,4-5,12H2,1H3. The van der Waals surface area contributed by atoms with E-state index in [1.807, 2.05) is 0 Å². The highest BCUT2D eigenvalue weighted by Gasteiger charge is 2.17. The van der Waals surface area contributed by atoms with Crippen molar-refractivity contribution in [1.82, 2.24) is 0 Å². The number of halogens is 1. The number of aliphatic hydroxyl groups is 1. The van der Waals surface area contributed by atoms with E-state index >= 15 is 0 Å². The monoisotopic (exact) mass is 275 g/mol. The van der Waals surface area contributed by atoms with Gasteiger partial charge in [-0.05, 0) is 18.6 Å². The van der Waals surface area contributed by atoms with Crippen LogP contribution in [-0.2, 0) is 0 Å². The summed E-state index contributed by atoms with van der Waals surface area (Å²) in [6, 6.07) is 2.99. The summed E-state index contributed by atoms with van der Waals surface area (Å²) in [4.78, 5) is 0. The van der Waals surface area contributed by atoms with Gasteiger partial charge in [-0.3, -0.25) is 0 Å². The highest BCUT2D eigenvalue weighted by molar-refractivity contribution is 9.10. The highest BCUT2D eigenvalue weighted by Crippen LogP contribution is 2.38. The molecule has 4 nitrogen and oxygen atoms in total. The van der Waals surface area contributed by atoms with Gasteiger partial charge in [0.2, 0.25) is 0 Å². The molecular formula is C10H14BrNO3. The molecule has 5 heteroatoms. The van der Waals surface area contributed by atoms with Gasteiger partial charge in [-0.25, -0.2) is 0 Å². The first-order chi connectivity index (χ1) is 7.11. The number of benzene rings is 1. The lowest BCUT2D eigenvalue weighted by molar-refractivity contribution is 0.274. The molecule has 0 saturated heterocycles. The third-order valence-electron chi connectivity index (χ3n) is 2.16. The largest absolute Gasteiger partial charge is 0.504 e. The number of hydrogen-bond donors (Lipinski definition) is 3. The average molecular weight is 276 g/mol. The summed E-state index contributed by atoms with van der Waals surface area (Å²) in [7, 11) is 1.48. The van der Waals surface area contributed by atoms with Crippen LogP contribution in [0.4, 0.5) is 0 Å². The van der Waals surface area contributed by atoms with E-state index in [0.29, 0.717) is 22.2 Å². The fourth-order valence-corrected chi connectivity index (χ4v) is 1.98. The van der Waals surface area contributed by atoms with E-state index < -0.39 is 6.04 Å². The fourth-order valence-electron chi connectivity index (χ4n) is 1.36. The van der Waals surface area contributed by atoms with Gasteiger partial charge < -0.3 is 20.7 Å². The zero-order valence-electron chi connectivity index (χ0n) is 8.40. The molecular weight excluding hydrogens is 262 g/mol. The molecule has 15 heavy (non-hydrogen) atoms. The topological polar surface area (TPSA) is 75.7 Å². The van der Waals surface area contributed by atoms with Crippen LogP contribution in [0.2, 0.25) is 0 Å². The van der Waals surface area contributed by atoms with E-state index in [2.05, 4.69) is 15.9 Å². The first-order valence-corrected chi connectivity index (χ1v) is 5.33. The van der Waals surface area contributed by atoms with Crippen molar-refractivity contribution in [2.45, 2.75) is 12.5 Å². The normalized spacial score (nSPS) is 12.5. The molecule has 84 valence electrons. The van der Waals surface area contributed by atoms with E-state index in [1.54, 1.807) is 12.1 Å². The Labute approximate surface area is 96.8 Å². The maximum absolute atomic E-state index is 9.85. The number of ether oxygens (including phenoxy) is 1. The summed E-state index contributed by atoms with van der Waals surface area (Å²) in [5.74, 6) is 0.398. The van der Waals surface area contributed by atoms with E-state index in [-0.39, 0.29) is 12.4 Å². The number of aliphatic hydroxyl groups excluding tert-OH is 1. The summed E-state index contributed by atoms with van der Waals surface area (Å²) < 4.78 is 5.69. The molecule has 0 saturated carbocycles. The minimum absolute atomic E-state index is 0.0211. The Kier molecular flexibility index (Phi) is 4.38. The van der Waals surface area contributed by atoms with Gasteiger partial charge in [0, 0.05) is 22.7 Å². The molecule has 4 N–H and O–H groups in total. The maximum atomic E-state index is 9.85. The van der Waals surface area contributed by atoms with Crippen LogP contribution in [0, 0.1) is 0 Å². The van der Waals surface area contributed by atoms with Gasteiger partial charge in [0.15, 0.2) is 11.5 Å². The van der Waals surface area contributed by atoms with Crippen LogP contribution in [0.25, 0.3) is 0 Å². The van der Waals surface area contributed by atoms with Crippen molar-refractivity contribution in [3.63, 3.8) is 0 Å².